The van der Waals surface area contributed by atoms with Crippen LogP contribution in [0.4, 0.5) is 4.39 Å². The second kappa shape index (κ2) is 16.1. The number of rotatable bonds is 5. The van der Waals surface area contributed by atoms with Crippen molar-refractivity contribution in [3.05, 3.63) is 150 Å². The van der Waals surface area contributed by atoms with Gasteiger partial charge >= 0.3 is 0 Å². The maximum Gasteiger partial charge on any atom is 0.0775 e. The average molecular weight is 872 g/mol. The number of benzene rings is 4. The molecule has 265 valence electrons. The summed E-state index contributed by atoms with van der Waals surface area (Å²) in [5.41, 5.74) is 9.55. The standard InChI is InChI=1S/C31H34NSi.C15H15FN.Ir/c1-22-21-32-30(24-11-9-8-10-12-24)20-28(22)27-18-15-25(19-29(27)31(2,3)4)23-13-16-26(17-14-23)33(5,6)7;1-15(2,3)12-6-9-14(17-10-12)11-4-7-13(16)8-5-11;/h8-11,13-21H,1-7H3;4,6-10H,1-3H3;/q2*-1;/i1D3;;. The van der Waals surface area contributed by atoms with E-state index in [1.165, 1.54) is 34.6 Å². The van der Waals surface area contributed by atoms with Crippen molar-refractivity contribution in [2.75, 3.05) is 0 Å². The quantitative estimate of drug-likeness (QED) is 0.127. The maximum absolute atomic E-state index is 12.8. The molecular weight excluding hydrogens is 820 g/mol. The van der Waals surface area contributed by atoms with Crippen LogP contribution in [0.5, 0.6) is 0 Å². The zero-order valence-corrected chi connectivity index (χ0v) is 34.5. The van der Waals surface area contributed by atoms with Gasteiger partial charge in [-0.2, -0.15) is 0 Å². The molecule has 0 saturated heterocycles. The van der Waals surface area contributed by atoms with Crippen molar-refractivity contribution >= 4 is 13.3 Å². The first-order valence-corrected chi connectivity index (χ1v) is 20.6. The van der Waals surface area contributed by atoms with Crippen LogP contribution in [0.25, 0.3) is 44.8 Å². The van der Waals surface area contributed by atoms with Gasteiger partial charge in [-0.05, 0) is 68.0 Å². The molecule has 2 aromatic heterocycles. The summed E-state index contributed by atoms with van der Waals surface area (Å²) in [7, 11) is -1.37. The first-order chi connectivity index (χ1) is 24.7. The van der Waals surface area contributed by atoms with Crippen molar-refractivity contribution in [2.45, 2.75) is 78.9 Å². The van der Waals surface area contributed by atoms with Crippen LogP contribution in [-0.2, 0) is 30.9 Å². The summed E-state index contributed by atoms with van der Waals surface area (Å²) >= 11 is 0. The third-order valence-electron chi connectivity index (χ3n) is 8.77. The van der Waals surface area contributed by atoms with Gasteiger partial charge in [0.25, 0.3) is 0 Å². The molecule has 0 saturated carbocycles. The number of aryl methyl sites for hydroxylation is 1. The van der Waals surface area contributed by atoms with Crippen LogP contribution >= 0.6 is 0 Å². The molecule has 2 nitrogen and oxygen atoms in total. The Balaban J connectivity index is 0.000000302. The predicted molar refractivity (Wildman–Crippen MR) is 213 cm³/mol. The second-order valence-corrected chi connectivity index (χ2v) is 20.9. The van der Waals surface area contributed by atoms with E-state index in [4.69, 9.17) is 4.11 Å². The van der Waals surface area contributed by atoms with E-state index in [0.717, 1.165) is 33.5 Å². The van der Waals surface area contributed by atoms with E-state index < -0.39 is 14.9 Å². The summed E-state index contributed by atoms with van der Waals surface area (Å²) in [4.78, 5) is 8.89. The Hall–Kier alpha value is -4.02. The normalized spacial score (nSPS) is 12.8. The fourth-order valence-corrected chi connectivity index (χ4v) is 6.85. The molecule has 4 aromatic carbocycles. The molecule has 6 aromatic rings. The fraction of sp³-hybridized carbons (Fsp3) is 0.261. The Morgan fingerprint density at radius 3 is 1.90 bits per heavy atom. The second-order valence-electron chi connectivity index (χ2n) is 15.8. The summed E-state index contributed by atoms with van der Waals surface area (Å²) in [6, 6.07) is 39.4. The molecule has 0 aliphatic rings. The van der Waals surface area contributed by atoms with E-state index in [2.05, 4.69) is 132 Å². The van der Waals surface area contributed by atoms with E-state index in [1.807, 2.05) is 42.6 Å². The third-order valence-corrected chi connectivity index (χ3v) is 10.8. The molecule has 0 unspecified atom stereocenters. The molecular formula is C46H49FIrN2Si-2. The fourth-order valence-electron chi connectivity index (χ4n) is 5.68. The molecule has 5 heteroatoms. The molecule has 2 heterocycles. The predicted octanol–water partition coefficient (Wildman–Crippen LogP) is 12.0. The minimum Gasteiger partial charge on any atom is -0.304 e. The van der Waals surface area contributed by atoms with Crippen molar-refractivity contribution in [1.82, 2.24) is 9.97 Å². The molecule has 0 fully saturated rings. The van der Waals surface area contributed by atoms with E-state index in [-0.39, 0.29) is 42.3 Å². The zero-order valence-electron chi connectivity index (χ0n) is 34.1. The molecule has 0 spiro atoms. The first kappa shape index (κ1) is 35.4. The Labute approximate surface area is 324 Å². The molecule has 0 amide bonds. The Morgan fingerprint density at radius 2 is 1.35 bits per heavy atom. The third kappa shape index (κ3) is 10.1. The van der Waals surface area contributed by atoms with E-state index in [0.29, 0.717) is 11.3 Å². The van der Waals surface area contributed by atoms with Gasteiger partial charge in [-0.15, -0.1) is 65.7 Å². The van der Waals surface area contributed by atoms with Gasteiger partial charge in [0.2, 0.25) is 0 Å². The molecule has 51 heavy (non-hydrogen) atoms. The van der Waals surface area contributed by atoms with Crippen LogP contribution in [0.15, 0.2) is 116 Å². The summed E-state index contributed by atoms with van der Waals surface area (Å²) in [5, 5.41) is 1.43. The van der Waals surface area contributed by atoms with Crippen LogP contribution in [0.3, 0.4) is 0 Å². The zero-order chi connectivity index (χ0) is 38.8. The topological polar surface area (TPSA) is 25.8 Å². The van der Waals surface area contributed by atoms with Gasteiger partial charge in [-0.3, -0.25) is 4.39 Å². The van der Waals surface area contributed by atoms with Gasteiger partial charge in [0.1, 0.15) is 0 Å². The number of pyridine rings is 2. The van der Waals surface area contributed by atoms with Gasteiger partial charge in [0.05, 0.1) is 8.07 Å². The Kier molecular flexibility index (Phi) is 11.2. The number of hydrogen-bond donors (Lipinski definition) is 0. The van der Waals surface area contributed by atoms with Gasteiger partial charge in [-0.1, -0.05) is 127 Å². The smallest absolute Gasteiger partial charge is 0.0775 e. The number of halogens is 1. The van der Waals surface area contributed by atoms with Crippen LogP contribution in [0.2, 0.25) is 19.6 Å². The number of hydrogen-bond acceptors (Lipinski definition) is 2. The summed E-state index contributed by atoms with van der Waals surface area (Å²) in [6.07, 6.45) is 3.38. The average Bonchev–Trinajstić information content (AvgIpc) is 3.11. The first-order valence-electron chi connectivity index (χ1n) is 18.6. The molecule has 1 radical (unpaired) electrons. The van der Waals surface area contributed by atoms with Gasteiger partial charge in [0.15, 0.2) is 0 Å². The van der Waals surface area contributed by atoms with E-state index >= 15 is 0 Å². The largest absolute Gasteiger partial charge is 0.304 e. The monoisotopic (exact) mass is 872 g/mol. The van der Waals surface area contributed by atoms with Gasteiger partial charge < -0.3 is 9.97 Å². The van der Waals surface area contributed by atoms with Gasteiger partial charge in [-0.25, -0.2) is 0 Å². The van der Waals surface area contributed by atoms with Crippen LogP contribution < -0.4 is 5.19 Å². The number of aromatic nitrogens is 2. The van der Waals surface area contributed by atoms with Crippen molar-refractivity contribution in [2.24, 2.45) is 0 Å². The van der Waals surface area contributed by atoms with Crippen LogP contribution in [-0.4, -0.2) is 18.0 Å². The maximum atomic E-state index is 12.8. The van der Waals surface area contributed by atoms with Crippen molar-refractivity contribution < 1.29 is 28.6 Å². The minimum atomic E-state index is -2.28. The van der Waals surface area contributed by atoms with Crippen molar-refractivity contribution in [3.63, 3.8) is 0 Å². The molecule has 0 aliphatic heterocycles. The number of nitrogens with zero attached hydrogens (tertiary/aromatic N) is 2. The van der Waals surface area contributed by atoms with Gasteiger partial charge in [0, 0.05) is 42.4 Å². The van der Waals surface area contributed by atoms with Crippen molar-refractivity contribution in [1.29, 1.82) is 0 Å². The van der Waals surface area contributed by atoms with Crippen molar-refractivity contribution in [3.8, 4) is 44.8 Å². The van der Waals surface area contributed by atoms with E-state index in [1.54, 1.807) is 6.07 Å². The molecule has 0 atom stereocenters. The summed E-state index contributed by atoms with van der Waals surface area (Å²) in [5.74, 6) is -0.278. The Bertz CT molecular complexity index is 2150. The summed E-state index contributed by atoms with van der Waals surface area (Å²) in [6.45, 7) is 17.7. The molecule has 0 N–H and O–H groups in total. The molecule has 6 rings (SSSR count). The molecule has 0 bridgehead atoms. The summed E-state index contributed by atoms with van der Waals surface area (Å²) < 4.78 is 37.4. The minimum absolute atomic E-state index is 0. The Morgan fingerprint density at radius 1 is 0.667 bits per heavy atom. The van der Waals surface area contributed by atoms with Crippen LogP contribution in [0.1, 0.15) is 62.3 Å². The van der Waals surface area contributed by atoms with E-state index in [9.17, 15) is 4.39 Å². The SMILES string of the molecule is CC(C)(C)c1ccc(-c2[c-]cc(F)cc2)nc1.[2H]C([2H])([2H])c1cnc(-c2[c-]cccc2)cc1-c1ccc(-c2ccc([Si](C)(C)C)cc2)cc1C(C)(C)C.[Ir]. The van der Waals surface area contributed by atoms with Crippen LogP contribution in [0, 0.1) is 24.8 Å². The molecule has 0 aliphatic carbocycles.